The molecule has 0 aliphatic heterocycles. The van der Waals surface area contributed by atoms with Crippen LogP contribution in [0, 0.1) is 6.08 Å². The summed E-state index contributed by atoms with van der Waals surface area (Å²) in [6, 6.07) is 10.1. The van der Waals surface area contributed by atoms with Gasteiger partial charge in [-0.1, -0.05) is 30.3 Å². The molecule has 0 N–H and O–H groups in total. The number of rotatable bonds is 0. The van der Waals surface area contributed by atoms with E-state index in [2.05, 4.69) is 26.2 Å². The van der Waals surface area contributed by atoms with Crippen LogP contribution in [0.1, 0.15) is 6.42 Å². The molecule has 1 aliphatic carbocycles. The summed E-state index contributed by atoms with van der Waals surface area (Å²) in [6.07, 6.45) is 10.0. The van der Waals surface area contributed by atoms with E-state index >= 15 is 0 Å². The van der Waals surface area contributed by atoms with Crippen molar-refractivity contribution in [3.05, 3.63) is 54.6 Å². The van der Waals surface area contributed by atoms with Crippen LogP contribution in [0.15, 0.2) is 48.6 Å². The van der Waals surface area contributed by atoms with Gasteiger partial charge >= 0.3 is 24.8 Å². The first-order chi connectivity index (χ1) is 6.89. The molecule has 1 atom stereocenters. The normalized spacial score (nSPS) is 9.69. The van der Waals surface area contributed by atoms with Crippen LogP contribution in [0.2, 0.25) is 0 Å². The minimum atomic E-state index is 0. The number of halogens is 2. The minimum absolute atomic E-state index is 0. The molecule has 1 unspecified atom stereocenters. The maximum absolute atomic E-state index is 3.25. The van der Waals surface area contributed by atoms with Gasteiger partial charge < -0.3 is 0 Å². The molecular formula is C12H16Cl2PTi. The van der Waals surface area contributed by atoms with E-state index in [4.69, 9.17) is 0 Å². The summed E-state index contributed by atoms with van der Waals surface area (Å²) in [5, 5.41) is 1.24. The first kappa shape index (κ1) is 21.6. The molecule has 0 fully saturated rings. The van der Waals surface area contributed by atoms with Crippen molar-refractivity contribution in [3.8, 4) is 0 Å². The quantitative estimate of drug-likeness (QED) is 0.392. The van der Waals surface area contributed by atoms with Gasteiger partial charge in [0.1, 0.15) is 0 Å². The van der Waals surface area contributed by atoms with E-state index in [-0.39, 0.29) is 24.8 Å². The molecule has 87 valence electrons. The third-order valence-corrected chi connectivity index (χ3v) is 1.77. The Kier molecular flexibility index (Phi) is 23.8. The van der Waals surface area contributed by atoms with E-state index < -0.39 is 0 Å². The number of hydrogen-bond acceptors (Lipinski definition) is 0. The van der Waals surface area contributed by atoms with E-state index in [0.717, 1.165) is 6.42 Å². The van der Waals surface area contributed by atoms with Crippen molar-refractivity contribution >= 4 is 44.2 Å². The fraction of sp³-hybridized carbons (Fsp3) is 0.0833. The Labute approximate surface area is 125 Å². The second kappa shape index (κ2) is 17.7. The fourth-order valence-corrected chi connectivity index (χ4v) is 1.02. The van der Waals surface area contributed by atoms with E-state index in [9.17, 15) is 0 Å². The molecule has 4 heteroatoms. The van der Waals surface area contributed by atoms with Crippen molar-refractivity contribution in [2.75, 3.05) is 0 Å². The standard InChI is InChI=1S/C6H7P.C5H5.CH2.2ClH.Ti/c7-6-4-2-1-3-5-6;1-2-4-5-3-1;;;;/h1-5H,7H2;1-3H,4H2;1H2;2*1H;/q;-1;;;;+1. The molecule has 0 radical (unpaired) electrons. The van der Waals surface area contributed by atoms with Crippen molar-refractivity contribution in [2.45, 2.75) is 6.42 Å². The molecule has 1 aliphatic rings. The van der Waals surface area contributed by atoms with Gasteiger partial charge in [-0.25, -0.2) is 12.2 Å². The fourth-order valence-electron chi connectivity index (χ4n) is 0.793. The average molecular weight is 310 g/mol. The van der Waals surface area contributed by atoms with Gasteiger partial charge in [-0.05, 0) is 5.30 Å². The molecular weight excluding hydrogens is 294 g/mol. The van der Waals surface area contributed by atoms with Crippen LogP contribution in [0.5, 0.6) is 0 Å². The zero-order chi connectivity index (χ0) is 10.6. The van der Waals surface area contributed by atoms with Crippen molar-refractivity contribution < 1.29 is 20.0 Å². The van der Waals surface area contributed by atoms with Gasteiger partial charge in [0.15, 0.2) is 0 Å². The van der Waals surface area contributed by atoms with Crippen molar-refractivity contribution in [2.24, 2.45) is 0 Å². The molecule has 2 rings (SSSR count). The number of benzene rings is 1. The molecule has 0 amide bonds. The molecule has 1 aromatic carbocycles. The Balaban J connectivity index is -0.000000169. The third-order valence-electron chi connectivity index (χ3n) is 1.39. The number of hydrogen-bond donors (Lipinski definition) is 0. The first-order valence-electron chi connectivity index (χ1n) is 4.27. The zero-order valence-electron chi connectivity index (χ0n) is 8.93. The Bertz CT molecular complexity index is 276. The molecule has 0 saturated heterocycles. The molecule has 1 aromatic rings. The zero-order valence-corrected chi connectivity index (χ0v) is 13.3. The number of allylic oxidation sites excluding steroid dienone is 4. The predicted molar refractivity (Wildman–Crippen MR) is 79.0 cm³/mol. The monoisotopic (exact) mass is 309 g/mol. The van der Waals surface area contributed by atoms with E-state index in [1.165, 1.54) is 5.30 Å². The van der Waals surface area contributed by atoms with Crippen molar-refractivity contribution in [3.63, 3.8) is 0 Å². The van der Waals surface area contributed by atoms with Crippen LogP contribution < -0.4 is 5.30 Å². The van der Waals surface area contributed by atoms with Crippen molar-refractivity contribution in [1.82, 2.24) is 0 Å². The van der Waals surface area contributed by atoms with Crippen LogP contribution in [-0.4, -0.2) is 4.82 Å². The molecule has 16 heavy (non-hydrogen) atoms. The van der Waals surface area contributed by atoms with Gasteiger partial charge in [0, 0.05) is 0 Å². The Morgan fingerprint density at radius 2 is 1.69 bits per heavy atom. The van der Waals surface area contributed by atoms with Gasteiger partial charge in [-0.2, -0.15) is 6.08 Å². The summed E-state index contributed by atoms with van der Waals surface area (Å²) in [7, 11) is 2.63. The molecule has 0 bridgehead atoms. The van der Waals surface area contributed by atoms with Gasteiger partial charge in [0.25, 0.3) is 0 Å². The summed E-state index contributed by atoms with van der Waals surface area (Å²) in [5.74, 6) is 0. The Hall–Kier alpha value is 0.294. The second-order valence-corrected chi connectivity index (χ2v) is 3.08. The summed E-state index contributed by atoms with van der Waals surface area (Å²) in [5.41, 5.74) is 0. The second-order valence-electron chi connectivity index (χ2n) is 2.41. The summed E-state index contributed by atoms with van der Waals surface area (Å²) < 4.78 is 0. The predicted octanol–water partition coefficient (Wildman–Crippen LogP) is 3.30. The third kappa shape index (κ3) is 14.3. The Morgan fingerprint density at radius 1 is 1.12 bits per heavy atom. The van der Waals surface area contributed by atoms with E-state index in [1.807, 2.05) is 42.5 Å². The summed E-state index contributed by atoms with van der Waals surface area (Å²) in [6.45, 7) is 0. The van der Waals surface area contributed by atoms with Crippen LogP contribution >= 0.6 is 34.1 Å². The van der Waals surface area contributed by atoms with Crippen LogP contribution in [-0.2, 0) is 20.0 Å². The van der Waals surface area contributed by atoms with Gasteiger partial charge in [0.2, 0.25) is 0 Å². The van der Waals surface area contributed by atoms with Crippen molar-refractivity contribution in [1.29, 1.82) is 0 Å². The van der Waals surface area contributed by atoms with Gasteiger partial charge in [0.05, 0.1) is 0 Å². The van der Waals surface area contributed by atoms with Crippen LogP contribution in [0.3, 0.4) is 0 Å². The van der Waals surface area contributed by atoms with Crippen LogP contribution in [0.25, 0.3) is 0 Å². The topological polar surface area (TPSA) is 0 Å². The molecule has 0 aromatic heterocycles. The molecule has 0 spiro atoms. The maximum atomic E-state index is 3.25. The van der Waals surface area contributed by atoms with Gasteiger partial charge in [-0.3, -0.25) is 6.08 Å². The molecule has 0 heterocycles. The van der Waals surface area contributed by atoms with E-state index in [1.54, 1.807) is 20.0 Å². The molecule has 0 nitrogen and oxygen atoms in total. The van der Waals surface area contributed by atoms with Gasteiger partial charge in [-0.15, -0.1) is 40.5 Å². The first-order valence-corrected chi connectivity index (χ1v) is 5.95. The summed E-state index contributed by atoms with van der Waals surface area (Å²) >= 11 is 1.75. The SMILES string of the molecule is Cl.Cl.Pc1ccccc1.[C-]1=CC=CC1.[CH2]=[Ti+]. The molecule has 0 saturated carbocycles. The summed E-state index contributed by atoms with van der Waals surface area (Å²) in [4.78, 5) is 3.25. The average Bonchev–Trinajstić information content (AvgIpc) is 2.80. The Morgan fingerprint density at radius 3 is 1.88 bits per heavy atom. The van der Waals surface area contributed by atoms with E-state index in [0.29, 0.717) is 0 Å². The van der Waals surface area contributed by atoms with Crippen LogP contribution in [0.4, 0.5) is 0 Å².